The van der Waals surface area contributed by atoms with E-state index in [-0.39, 0.29) is 0 Å². The highest BCUT2D eigenvalue weighted by Crippen LogP contribution is 2.27. The molecule has 0 radical (unpaired) electrons. The van der Waals surface area contributed by atoms with E-state index in [4.69, 9.17) is 11.0 Å². The normalized spacial score (nSPS) is 19.9. The standard InChI is InChI=1S/C14H20N4/c1-17(2)12-4-3-7-18(10-12)14-6-5-11(9-15)8-13(14)16/h5-6,8,12H,3-4,7,10,16H2,1-2H3. The molecule has 1 aliphatic heterocycles. The molecule has 0 aliphatic carbocycles. The first-order valence-corrected chi connectivity index (χ1v) is 6.33. The molecule has 1 saturated heterocycles. The number of piperidine rings is 1. The molecule has 4 heteroatoms. The van der Waals surface area contributed by atoms with E-state index in [0.717, 1.165) is 18.8 Å². The van der Waals surface area contributed by atoms with Gasteiger partial charge in [0.15, 0.2) is 0 Å². The number of nitrogens with zero attached hydrogens (tertiary/aromatic N) is 3. The van der Waals surface area contributed by atoms with Crippen molar-refractivity contribution in [1.82, 2.24) is 4.90 Å². The summed E-state index contributed by atoms with van der Waals surface area (Å²) < 4.78 is 0. The molecule has 2 N–H and O–H groups in total. The van der Waals surface area contributed by atoms with Gasteiger partial charge in [0.25, 0.3) is 0 Å². The van der Waals surface area contributed by atoms with Gasteiger partial charge >= 0.3 is 0 Å². The van der Waals surface area contributed by atoms with Crippen molar-refractivity contribution in [3.8, 4) is 6.07 Å². The molecule has 18 heavy (non-hydrogen) atoms. The molecule has 1 heterocycles. The molecule has 1 aromatic rings. The predicted octanol–water partition coefficient (Wildman–Crippen LogP) is 1.67. The van der Waals surface area contributed by atoms with Crippen LogP contribution in [0.1, 0.15) is 18.4 Å². The van der Waals surface area contributed by atoms with E-state index in [0.29, 0.717) is 17.3 Å². The van der Waals surface area contributed by atoms with Crippen LogP contribution in [-0.2, 0) is 0 Å². The van der Waals surface area contributed by atoms with Gasteiger partial charge < -0.3 is 15.5 Å². The molecule has 0 bridgehead atoms. The van der Waals surface area contributed by atoms with Crippen LogP contribution in [-0.4, -0.2) is 38.1 Å². The van der Waals surface area contributed by atoms with Crippen LogP contribution in [0, 0.1) is 11.3 Å². The van der Waals surface area contributed by atoms with Crippen molar-refractivity contribution in [2.75, 3.05) is 37.8 Å². The van der Waals surface area contributed by atoms with Gasteiger partial charge in [0.05, 0.1) is 23.0 Å². The predicted molar refractivity (Wildman–Crippen MR) is 74.5 cm³/mol. The molecule has 0 aromatic heterocycles. The molecule has 0 amide bonds. The largest absolute Gasteiger partial charge is 0.397 e. The van der Waals surface area contributed by atoms with Crippen LogP contribution in [0.4, 0.5) is 11.4 Å². The fraction of sp³-hybridized carbons (Fsp3) is 0.500. The third-order valence-electron chi connectivity index (χ3n) is 3.62. The second-order valence-corrected chi connectivity index (χ2v) is 5.09. The average Bonchev–Trinajstić information content (AvgIpc) is 2.38. The van der Waals surface area contributed by atoms with Gasteiger partial charge in [-0.05, 0) is 45.1 Å². The lowest BCUT2D eigenvalue weighted by molar-refractivity contribution is 0.258. The first-order valence-electron chi connectivity index (χ1n) is 6.33. The number of nitrogens with two attached hydrogens (primary N) is 1. The summed E-state index contributed by atoms with van der Waals surface area (Å²) in [5.74, 6) is 0. The van der Waals surface area contributed by atoms with Crippen molar-refractivity contribution < 1.29 is 0 Å². The first kappa shape index (κ1) is 12.7. The van der Waals surface area contributed by atoms with Gasteiger partial charge in [0.1, 0.15) is 0 Å². The molecule has 96 valence electrons. The maximum atomic E-state index is 8.85. The van der Waals surface area contributed by atoms with Crippen LogP contribution in [0.25, 0.3) is 0 Å². The summed E-state index contributed by atoms with van der Waals surface area (Å²) in [6, 6.07) is 8.26. The monoisotopic (exact) mass is 244 g/mol. The van der Waals surface area contributed by atoms with Crippen molar-refractivity contribution in [2.24, 2.45) is 0 Å². The van der Waals surface area contributed by atoms with Crippen LogP contribution in [0.5, 0.6) is 0 Å². The van der Waals surface area contributed by atoms with Gasteiger partial charge in [-0.2, -0.15) is 5.26 Å². The summed E-state index contributed by atoms with van der Waals surface area (Å²) in [5.41, 5.74) is 8.42. The maximum Gasteiger partial charge on any atom is 0.0992 e. The Bertz CT molecular complexity index is 461. The highest BCUT2D eigenvalue weighted by atomic mass is 15.2. The van der Waals surface area contributed by atoms with Gasteiger partial charge in [-0.1, -0.05) is 0 Å². The van der Waals surface area contributed by atoms with Crippen molar-refractivity contribution in [3.05, 3.63) is 23.8 Å². The summed E-state index contributed by atoms with van der Waals surface area (Å²) in [4.78, 5) is 4.59. The number of anilines is 2. The summed E-state index contributed by atoms with van der Waals surface area (Å²) in [7, 11) is 4.24. The van der Waals surface area contributed by atoms with E-state index in [9.17, 15) is 0 Å². The average molecular weight is 244 g/mol. The van der Waals surface area contributed by atoms with Crippen molar-refractivity contribution in [1.29, 1.82) is 5.26 Å². The number of rotatable bonds is 2. The molecule has 0 spiro atoms. The third kappa shape index (κ3) is 2.57. The number of nitriles is 1. The van der Waals surface area contributed by atoms with Crippen LogP contribution >= 0.6 is 0 Å². The quantitative estimate of drug-likeness (QED) is 0.804. The fourth-order valence-corrected chi connectivity index (χ4v) is 2.51. The minimum absolute atomic E-state index is 0.578. The van der Waals surface area contributed by atoms with Crippen LogP contribution in [0.3, 0.4) is 0 Å². The molecule has 1 fully saturated rings. The zero-order chi connectivity index (χ0) is 13.1. The zero-order valence-corrected chi connectivity index (χ0v) is 11.1. The van der Waals surface area contributed by atoms with Gasteiger partial charge in [0, 0.05) is 19.1 Å². The topological polar surface area (TPSA) is 56.3 Å². The molecular weight excluding hydrogens is 224 g/mol. The Labute approximate surface area is 109 Å². The van der Waals surface area contributed by atoms with Gasteiger partial charge in [-0.15, -0.1) is 0 Å². The number of hydrogen-bond acceptors (Lipinski definition) is 4. The van der Waals surface area contributed by atoms with E-state index in [1.807, 2.05) is 12.1 Å². The Morgan fingerprint density at radius 2 is 2.22 bits per heavy atom. The molecule has 4 nitrogen and oxygen atoms in total. The maximum absolute atomic E-state index is 8.85. The fourth-order valence-electron chi connectivity index (χ4n) is 2.51. The highest BCUT2D eigenvalue weighted by molar-refractivity contribution is 5.69. The first-order chi connectivity index (χ1) is 8.61. The zero-order valence-electron chi connectivity index (χ0n) is 11.1. The summed E-state index contributed by atoms with van der Waals surface area (Å²) in [5, 5.41) is 8.85. The molecule has 1 unspecified atom stereocenters. The van der Waals surface area contributed by atoms with E-state index < -0.39 is 0 Å². The molecule has 1 aliphatic rings. The molecular formula is C14H20N4. The van der Waals surface area contributed by atoms with Gasteiger partial charge in [-0.3, -0.25) is 0 Å². The van der Waals surface area contributed by atoms with E-state index >= 15 is 0 Å². The highest BCUT2D eigenvalue weighted by Gasteiger charge is 2.22. The molecule has 1 atom stereocenters. The van der Waals surface area contributed by atoms with Gasteiger partial charge in [-0.25, -0.2) is 0 Å². The second-order valence-electron chi connectivity index (χ2n) is 5.09. The summed E-state index contributed by atoms with van der Waals surface area (Å²) >= 11 is 0. The SMILES string of the molecule is CN(C)C1CCCN(c2ccc(C#N)cc2N)C1. The molecule has 1 aromatic carbocycles. The Kier molecular flexibility index (Phi) is 3.73. The minimum Gasteiger partial charge on any atom is -0.397 e. The lowest BCUT2D eigenvalue weighted by Gasteiger charge is -2.38. The lowest BCUT2D eigenvalue weighted by atomic mass is 10.0. The number of likely N-dealkylation sites (N-methyl/N-ethyl adjacent to an activating group) is 1. The van der Waals surface area contributed by atoms with E-state index in [2.05, 4.69) is 30.0 Å². The number of hydrogen-bond donors (Lipinski definition) is 1. The van der Waals surface area contributed by atoms with Crippen molar-refractivity contribution >= 4 is 11.4 Å². The summed E-state index contributed by atoms with van der Waals surface area (Å²) in [6.45, 7) is 2.05. The molecule has 0 saturated carbocycles. The molecule has 2 rings (SSSR count). The number of benzene rings is 1. The lowest BCUT2D eigenvalue weighted by Crippen LogP contribution is -2.45. The van der Waals surface area contributed by atoms with E-state index in [1.165, 1.54) is 12.8 Å². The van der Waals surface area contributed by atoms with Crippen LogP contribution in [0.2, 0.25) is 0 Å². The Morgan fingerprint density at radius 3 is 2.83 bits per heavy atom. The third-order valence-corrected chi connectivity index (χ3v) is 3.62. The minimum atomic E-state index is 0.578. The Morgan fingerprint density at radius 1 is 1.44 bits per heavy atom. The van der Waals surface area contributed by atoms with E-state index in [1.54, 1.807) is 6.07 Å². The Balaban J connectivity index is 2.19. The van der Waals surface area contributed by atoms with Crippen molar-refractivity contribution in [3.63, 3.8) is 0 Å². The van der Waals surface area contributed by atoms with Crippen LogP contribution in [0.15, 0.2) is 18.2 Å². The smallest absolute Gasteiger partial charge is 0.0992 e. The Hall–Kier alpha value is -1.73. The number of nitrogen functional groups attached to an aromatic ring is 1. The van der Waals surface area contributed by atoms with Crippen LogP contribution < -0.4 is 10.6 Å². The second kappa shape index (κ2) is 5.28. The summed E-state index contributed by atoms with van der Waals surface area (Å²) in [6.07, 6.45) is 2.42. The van der Waals surface area contributed by atoms with Gasteiger partial charge in [0.2, 0.25) is 0 Å². The van der Waals surface area contributed by atoms with Crippen molar-refractivity contribution in [2.45, 2.75) is 18.9 Å².